The second-order valence-electron chi connectivity index (χ2n) is 6.07. The summed E-state index contributed by atoms with van der Waals surface area (Å²) in [6.07, 6.45) is -0.265. The van der Waals surface area contributed by atoms with E-state index in [-0.39, 0.29) is 28.4 Å². The van der Waals surface area contributed by atoms with Crippen molar-refractivity contribution in [3.63, 3.8) is 0 Å². The summed E-state index contributed by atoms with van der Waals surface area (Å²) in [5.74, 6) is -3.46. The van der Waals surface area contributed by atoms with E-state index in [0.717, 1.165) is 6.07 Å². The Morgan fingerprint density at radius 2 is 1.77 bits per heavy atom. The quantitative estimate of drug-likeness (QED) is 0.285. The summed E-state index contributed by atoms with van der Waals surface area (Å²) in [5.41, 5.74) is 0.209. The Labute approximate surface area is 192 Å². The molecule has 0 fully saturated rings. The Bertz CT molecular complexity index is 1140. The van der Waals surface area contributed by atoms with Crippen LogP contribution in [0.4, 0.5) is 14.5 Å². The lowest BCUT2D eigenvalue weighted by Gasteiger charge is -2.14. The molecule has 1 N–H and O–H groups in total. The van der Waals surface area contributed by atoms with Crippen LogP contribution in [0.1, 0.15) is 15.9 Å². The lowest BCUT2D eigenvalue weighted by molar-refractivity contribution is -0.115. The highest BCUT2D eigenvalue weighted by molar-refractivity contribution is 9.11. The number of carbonyl (C=O) groups is 2. The summed E-state index contributed by atoms with van der Waals surface area (Å²) in [7, 11) is 0. The van der Waals surface area contributed by atoms with Crippen LogP contribution in [0.3, 0.4) is 0 Å². The van der Waals surface area contributed by atoms with Crippen LogP contribution in [-0.4, -0.2) is 11.9 Å². The fourth-order valence-electron chi connectivity index (χ4n) is 2.60. The number of hydrogen-bond donors (Lipinski definition) is 1. The summed E-state index contributed by atoms with van der Waals surface area (Å²) >= 11 is 12.7. The Hall–Kier alpha value is -2.29. The molecule has 0 radical (unpaired) electrons. The molecule has 0 bridgehead atoms. The highest BCUT2D eigenvalue weighted by Crippen LogP contribution is 2.34. The number of carbonyl (C=O) groups excluding carboxylic acids is 2. The summed E-state index contributed by atoms with van der Waals surface area (Å²) in [6, 6.07) is 13.1. The van der Waals surface area contributed by atoms with Crippen LogP contribution >= 0.6 is 43.5 Å². The van der Waals surface area contributed by atoms with Crippen molar-refractivity contribution >= 4 is 61.0 Å². The van der Waals surface area contributed by atoms with E-state index in [0.29, 0.717) is 14.5 Å². The number of nitrogens with one attached hydrogen (secondary N) is 1. The van der Waals surface area contributed by atoms with Crippen LogP contribution in [0.5, 0.6) is 5.75 Å². The molecule has 0 spiro atoms. The first-order chi connectivity index (χ1) is 14.3. The van der Waals surface area contributed by atoms with Gasteiger partial charge in [0.1, 0.15) is 5.75 Å². The van der Waals surface area contributed by atoms with Gasteiger partial charge in [0.15, 0.2) is 11.6 Å². The first kappa shape index (κ1) is 22.4. The van der Waals surface area contributed by atoms with Gasteiger partial charge in [0, 0.05) is 10.0 Å². The Morgan fingerprint density at radius 1 is 1.03 bits per heavy atom. The van der Waals surface area contributed by atoms with Gasteiger partial charge >= 0.3 is 5.97 Å². The van der Waals surface area contributed by atoms with Crippen molar-refractivity contribution in [3.8, 4) is 5.75 Å². The maximum absolute atomic E-state index is 13.8. The fourth-order valence-corrected chi connectivity index (χ4v) is 4.21. The van der Waals surface area contributed by atoms with Crippen molar-refractivity contribution < 1.29 is 23.1 Å². The highest BCUT2D eigenvalue weighted by Gasteiger charge is 2.20. The van der Waals surface area contributed by atoms with Crippen molar-refractivity contribution in [3.05, 3.63) is 91.3 Å². The average molecular weight is 560 g/mol. The molecule has 30 heavy (non-hydrogen) atoms. The van der Waals surface area contributed by atoms with Crippen LogP contribution in [0.15, 0.2) is 63.5 Å². The van der Waals surface area contributed by atoms with Crippen molar-refractivity contribution in [1.29, 1.82) is 0 Å². The molecule has 3 aromatic rings. The fraction of sp³-hybridized carbons (Fsp3) is 0.0476. The second-order valence-corrected chi connectivity index (χ2v) is 8.25. The number of esters is 1. The second kappa shape index (κ2) is 9.68. The van der Waals surface area contributed by atoms with E-state index in [9.17, 15) is 18.4 Å². The molecular weight excluding hydrogens is 547 g/mol. The molecule has 3 aromatic carbocycles. The normalized spacial score (nSPS) is 10.6. The summed E-state index contributed by atoms with van der Waals surface area (Å²) in [5, 5.41) is 2.53. The van der Waals surface area contributed by atoms with Gasteiger partial charge in [0.2, 0.25) is 5.91 Å². The van der Waals surface area contributed by atoms with Crippen LogP contribution in [0, 0.1) is 11.6 Å². The molecular formula is C21H12Br2ClF2NO3. The minimum atomic E-state index is -1.16. The zero-order valence-electron chi connectivity index (χ0n) is 15.0. The van der Waals surface area contributed by atoms with E-state index in [1.807, 2.05) is 0 Å². The zero-order valence-corrected chi connectivity index (χ0v) is 18.9. The van der Waals surface area contributed by atoms with Gasteiger partial charge in [-0.1, -0.05) is 45.7 Å². The number of halogens is 5. The zero-order chi connectivity index (χ0) is 21.8. The van der Waals surface area contributed by atoms with E-state index in [1.165, 1.54) is 18.2 Å². The minimum absolute atomic E-state index is 0.109. The largest absolute Gasteiger partial charge is 0.421 e. The van der Waals surface area contributed by atoms with Crippen molar-refractivity contribution in [2.45, 2.75) is 6.42 Å². The number of hydrogen-bond acceptors (Lipinski definition) is 3. The van der Waals surface area contributed by atoms with E-state index in [4.69, 9.17) is 16.3 Å². The first-order valence-corrected chi connectivity index (χ1v) is 10.4. The van der Waals surface area contributed by atoms with E-state index >= 15 is 0 Å². The smallest absolute Gasteiger partial charge is 0.345 e. The lowest BCUT2D eigenvalue weighted by Crippen LogP contribution is -2.17. The van der Waals surface area contributed by atoms with Crippen LogP contribution in [-0.2, 0) is 11.2 Å². The van der Waals surface area contributed by atoms with Crippen LogP contribution in [0.2, 0.25) is 5.02 Å². The molecule has 0 saturated carbocycles. The molecule has 3 rings (SSSR count). The number of ether oxygens (including phenoxy) is 1. The van der Waals surface area contributed by atoms with E-state index in [1.54, 1.807) is 30.3 Å². The first-order valence-electron chi connectivity index (χ1n) is 8.44. The van der Waals surface area contributed by atoms with Gasteiger partial charge < -0.3 is 10.1 Å². The topological polar surface area (TPSA) is 55.4 Å². The van der Waals surface area contributed by atoms with E-state index in [2.05, 4.69) is 37.2 Å². The summed E-state index contributed by atoms with van der Waals surface area (Å²) < 4.78 is 33.7. The van der Waals surface area contributed by atoms with Crippen LogP contribution < -0.4 is 10.1 Å². The number of rotatable bonds is 5. The number of benzene rings is 3. The van der Waals surface area contributed by atoms with Gasteiger partial charge in [0.25, 0.3) is 0 Å². The van der Waals surface area contributed by atoms with Crippen LogP contribution in [0.25, 0.3) is 0 Å². The average Bonchev–Trinajstić information content (AvgIpc) is 2.68. The highest BCUT2D eigenvalue weighted by atomic mass is 79.9. The Morgan fingerprint density at radius 3 is 2.50 bits per heavy atom. The predicted molar refractivity (Wildman–Crippen MR) is 117 cm³/mol. The Balaban J connectivity index is 1.86. The van der Waals surface area contributed by atoms with Crippen molar-refractivity contribution in [2.24, 2.45) is 0 Å². The molecule has 9 heteroatoms. The third-order valence-corrected chi connectivity index (χ3v) is 5.33. The summed E-state index contributed by atoms with van der Waals surface area (Å²) in [4.78, 5) is 25.0. The Kier molecular flexibility index (Phi) is 7.23. The minimum Gasteiger partial charge on any atom is -0.421 e. The van der Waals surface area contributed by atoms with Gasteiger partial charge in [-0.2, -0.15) is 0 Å². The van der Waals surface area contributed by atoms with E-state index < -0.39 is 23.5 Å². The molecule has 0 aliphatic heterocycles. The third kappa shape index (κ3) is 5.24. The maximum Gasteiger partial charge on any atom is 0.345 e. The molecule has 0 saturated heterocycles. The third-order valence-electron chi connectivity index (χ3n) is 3.95. The predicted octanol–water partition coefficient (Wildman–Crippen LogP) is 6.54. The van der Waals surface area contributed by atoms with Gasteiger partial charge in [-0.05, 0) is 52.3 Å². The van der Waals surface area contributed by atoms with Gasteiger partial charge in [-0.15, -0.1) is 0 Å². The lowest BCUT2D eigenvalue weighted by atomic mass is 10.1. The molecule has 0 aliphatic carbocycles. The van der Waals surface area contributed by atoms with Gasteiger partial charge in [0.05, 0.1) is 27.2 Å². The molecule has 4 nitrogen and oxygen atoms in total. The summed E-state index contributed by atoms with van der Waals surface area (Å²) in [6.45, 7) is 0. The monoisotopic (exact) mass is 557 g/mol. The molecule has 0 aromatic heterocycles. The SMILES string of the molecule is O=C(Cc1cc(Br)cc(Br)c1OC(=O)c1ccccc1Cl)Nc1cccc(F)c1F. The van der Waals surface area contributed by atoms with Crippen molar-refractivity contribution in [2.75, 3.05) is 5.32 Å². The molecule has 154 valence electrons. The number of amides is 1. The number of anilines is 1. The molecule has 1 amide bonds. The maximum atomic E-state index is 13.8. The standard InChI is InChI=1S/C21H12Br2ClF2NO3/c22-12-8-11(9-18(28)27-17-7-3-6-16(25)19(17)26)20(14(23)10-12)30-21(29)13-4-1-2-5-15(13)24/h1-8,10H,9H2,(H,27,28). The molecule has 0 unspecified atom stereocenters. The molecule has 0 aliphatic rings. The molecule has 0 heterocycles. The molecule has 0 atom stereocenters. The van der Waals surface area contributed by atoms with Gasteiger partial charge in [-0.3, -0.25) is 4.79 Å². The van der Waals surface area contributed by atoms with Crippen molar-refractivity contribution in [1.82, 2.24) is 0 Å². The van der Waals surface area contributed by atoms with Gasteiger partial charge in [-0.25, -0.2) is 13.6 Å².